The van der Waals surface area contributed by atoms with Crippen LogP contribution in [0.25, 0.3) is 0 Å². The summed E-state index contributed by atoms with van der Waals surface area (Å²) in [6, 6.07) is 0. The van der Waals surface area contributed by atoms with Crippen molar-refractivity contribution in [1.82, 2.24) is 4.98 Å². The van der Waals surface area contributed by atoms with E-state index in [0.717, 1.165) is 30.9 Å². The van der Waals surface area contributed by atoms with E-state index < -0.39 is 5.97 Å². The molecule has 1 N–H and O–H groups in total. The number of rotatable bonds is 3. The highest BCUT2D eigenvalue weighted by molar-refractivity contribution is 7.11. The molecule has 15 heavy (non-hydrogen) atoms. The van der Waals surface area contributed by atoms with Crippen LogP contribution in [0.5, 0.6) is 0 Å². The first-order valence-electron chi connectivity index (χ1n) is 5.00. The first-order valence-corrected chi connectivity index (χ1v) is 5.81. The lowest BCUT2D eigenvalue weighted by Crippen LogP contribution is -2.14. The molecule has 4 nitrogen and oxygen atoms in total. The molecule has 1 aromatic heterocycles. The lowest BCUT2D eigenvalue weighted by Gasteiger charge is -2.20. The molecule has 1 unspecified atom stereocenters. The maximum atomic E-state index is 10.5. The molecule has 82 valence electrons. The molecule has 1 atom stereocenters. The van der Waals surface area contributed by atoms with Gasteiger partial charge in [-0.3, -0.25) is 4.79 Å². The van der Waals surface area contributed by atoms with Crippen molar-refractivity contribution in [2.24, 2.45) is 0 Å². The molecule has 0 aliphatic carbocycles. The van der Waals surface area contributed by atoms with Crippen molar-refractivity contribution in [1.29, 1.82) is 0 Å². The Morgan fingerprint density at radius 3 is 3.27 bits per heavy atom. The molecule has 2 heterocycles. The molecule has 0 saturated carbocycles. The van der Waals surface area contributed by atoms with E-state index in [9.17, 15) is 4.79 Å². The second-order valence-electron chi connectivity index (χ2n) is 3.64. The number of carboxylic acids is 1. The fraction of sp³-hybridized carbons (Fsp3) is 0.600. The predicted molar refractivity (Wildman–Crippen MR) is 56.2 cm³/mol. The highest BCUT2D eigenvalue weighted by Crippen LogP contribution is 2.29. The number of ether oxygens (including phenoxy) is 1. The molecule has 0 spiro atoms. The Bertz CT molecular complexity index is 344. The van der Waals surface area contributed by atoms with Crippen LogP contribution in [0.3, 0.4) is 0 Å². The molecular formula is C10H13NO3S. The van der Waals surface area contributed by atoms with Crippen molar-refractivity contribution >= 4 is 17.3 Å². The quantitative estimate of drug-likeness (QED) is 0.853. The Morgan fingerprint density at radius 2 is 2.60 bits per heavy atom. The van der Waals surface area contributed by atoms with Crippen LogP contribution in [0, 0.1) is 0 Å². The number of hydrogen-bond donors (Lipinski definition) is 1. The summed E-state index contributed by atoms with van der Waals surface area (Å²) in [5.74, 6) is -0.408. The van der Waals surface area contributed by atoms with Crippen molar-refractivity contribution in [3.8, 4) is 0 Å². The number of thiazole rings is 1. The summed E-state index contributed by atoms with van der Waals surface area (Å²) < 4.78 is 5.39. The molecule has 1 aliphatic rings. The van der Waals surface area contributed by atoms with Gasteiger partial charge in [0, 0.05) is 23.6 Å². The standard InChI is InChI=1S/C10H13NO3S/c12-10(13)4-9-11-5-8(15-9)7-2-1-3-14-6-7/h5,7H,1-4,6H2,(H,12,13). The molecule has 1 aliphatic heterocycles. The Balaban J connectivity index is 2.02. The number of carboxylic acid groups (broad SMARTS) is 1. The third kappa shape index (κ3) is 2.76. The predicted octanol–water partition coefficient (Wildman–Crippen LogP) is 1.66. The SMILES string of the molecule is O=C(O)Cc1ncc(C2CCCOC2)s1. The maximum absolute atomic E-state index is 10.5. The van der Waals surface area contributed by atoms with Crippen LogP contribution in [0.1, 0.15) is 28.6 Å². The van der Waals surface area contributed by atoms with Gasteiger partial charge in [-0.1, -0.05) is 0 Å². The molecule has 0 amide bonds. The highest BCUT2D eigenvalue weighted by atomic mass is 32.1. The fourth-order valence-electron chi connectivity index (χ4n) is 1.69. The van der Waals surface area contributed by atoms with Crippen LogP contribution in [0.4, 0.5) is 0 Å². The molecular weight excluding hydrogens is 214 g/mol. The summed E-state index contributed by atoms with van der Waals surface area (Å²) in [5, 5.41) is 9.31. The smallest absolute Gasteiger partial charge is 0.310 e. The van der Waals surface area contributed by atoms with Crippen LogP contribution in [0.15, 0.2) is 6.20 Å². The summed E-state index contributed by atoms with van der Waals surface area (Å²) in [4.78, 5) is 15.8. The van der Waals surface area contributed by atoms with Crippen molar-refractivity contribution in [2.75, 3.05) is 13.2 Å². The minimum atomic E-state index is -0.823. The van der Waals surface area contributed by atoms with Gasteiger partial charge in [-0.15, -0.1) is 11.3 Å². The topological polar surface area (TPSA) is 59.4 Å². The van der Waals surface area contributed by atoms with Gasteiger partial charge in [0.05, 0.1) is 13.0 Å². The van der Waals surface area contributed by atoms with E-state index in [1.165, 1.54) is 11.3 Å². The van der Waals surface area contributed by atoms with E-state index in [2.05, 4.69) is 4.98 Å². The summed E-state index contributed by atoms with van der Waals surface area (Å²) in [5.41, 5.74) is 0. The maximum Gasteiger partial charge on any atom is 0.310 e. The van der Waals surface area contributed by atoms with Gasteiger partial charge in [-0.2, -0.15) is 0 Å². The van der Waals surface area contributed by atoms with Gasteiger partial charge in [0.2, 0.25) is 0 Å². The molecule has 0 radical (unpaired) electrons. The van der Waals surface area contributed by atoms with E-state index in [4.69, 9.17) is 9.84 Å². The van der Waals surface area contributed by atoms with Gasteiger partial charge in [-0.05, 0) is 12.8 Å². The molecule has 1 aromatic rings. The van der Waals surface area contributed by atoms with E-state index >= 15 is 0 Å². The van der Waals surface area contributed by atoms with E-state index in [0.29, 0.717) is 10.9 Å². The van der Waals surface area contributed by atoms with Gasteiger partial charge >= 0.3 is 5.97 Å². The zero-order valence-electron chi connectivity index (χ0n) is 8.31. The molecule has 0 bridgehead atoms. The zero-order valence-corrected chi connectivity index (χ0v) is 9.13. The van der Waals surface area contributed by atoms with E-state index in [-0.39, 0.29) is 6.42 Å². The zero-order chi connectivity index (χ0) is 10.7. The average molecular weight is 227 g/mol. The van der Waals surface area contributed by atoms with Gasteiger partial charge in [0.1, 0.15) is 5.01 Å². The third-order valence-electron chi connectivity index (χ3n) is 2.44. The van der Waals surface area contributed by atoms with Crippen LogP contribution in [-0.4, -0.2) is 29.3 Å². The number of hydrogen-bond acceptors (Lipinski definition) is 4. The lowest BCUT2D eigenvalue weighted by atomic mass is 10.0. The first kappa shape index (κ1) is 10.6. The minimum absolute atomic E-state index is 0.0260. The normalized spacial score (nSPS) is 21.5. The second kappa shape index (κ2) is 4.72. The first-order chi connectivity index (χ1) is 7.25. The Hall–Kier alpha value is -0.940. The van der Waals surface area contributed by atoms with E-state index in [1.54, 1.807) is 6.20 Å². The van der Waals surface area contributed by atoms with Crippen LogP contribution in [0.2, 0.25) is 0 Å². The Labute approximate surface area is 91.9 Å². The average Bonchev–Trinajstić information content (AvgIpc) is 2.67. The number of aliphatic carboxylic acids is 1. The van der Waals surface area contributed by atoms with Crippen molar-refractivity contribution in [2.45, 2.75) is 25.2 Å². The van der Waals surface area contributed by atoms with Crippen molar-refractivity contribution in [3.05, 3.63) is 16.1 Å². The summed E-state index contributed by atoms with van der Waals surface area (Å²) in [7, 11) is 0. The molecule has 2 rings (SSSR count). The van der Waals surface area contributed by atoms with Gasteiger partial charge in [0.15, 0.2) is 0 Å². The summed E-state index contributed by atoms with van der Waals surface area (Å²) in [6.07, 6.45) is 4.02. The van der Waals surface area contributed by atoms with Gasteiger partial charge in [-0.25, -0.2) is 4.98 Å². The van der Waals surface area contributed by atoms with Crippen LogP contribution < -0.4 is 0 Å². The monoisotopic (exact) mass is 227 g/mol. The third-order valence-corrected chi connectivity index (χ3v) is 3.60. The summed E-state index contributed by atoms with van der Waals surface area (Å²) in [6.45, 7) is 1.59. The number of carbonyl (C=O) groups is 1. The molecule has 5 heteroatoms. The van der Waals surface area contributed by atoms with Gasteiger partial charge < -0.3 is 9.84 Å². The Kier molecular flexibility index (Phi) is 3.33. The van der Waals surface area contributed by atoms with Crippen LogP contribution >= 0.6 is 11.3 Å². The Morgan fingerprint density at radius 1 is 1.73 bits per heavy atom. The largest absolute Gasteiger partial charge is 0.481 e. The minimum Gasteiger partial charge on any atom is -0.481 e. The number of aromatic nitrogens is 1. The van der Waals surface area contributed by atoms with Crippen molar-refractivity contribution in [3.63, 3.8) is 0 Å². The highest BCUT2D eigenvalue weighted by Gasteiger charge is 2.18. The van der Waals surface area contributed by atoms with Gasteiger partial charge in [0.25, 0.3) is 0 Å². The molecule has 0 aromatic carbocycles. The second-order valence-corrected chi connectivity index (χ2v) is 4.79. The number of nitrogens with zero attached hydrogens (tertiary/aromatic N) is 1. The summed E-state index contributed by atoms with van der Waals surface area (Å²) >= 11 is 1.50. The molecule has 1 saturated heterocycles. The molecule has 1 fully saturated rings. The van der Waals surface area contributed by atoms with Crippen molar-refractivity contribution < 1.29 is 14.6 Å². The fourth-order valence-corrected chi connectivity index (χ4v) is 2.72. The lowest BCUT2D eigenvalue weighted by molar-refractivity contribution is -0.136. The van der Waals surface area contributed by atoms with Crippen LogP contribution in [-0.2, 0) is 16.0 Å². The van der Waals surface area contributed by atoms with E-state index in [1.807, 2.05) is 0 Å².